The summed E-state index contributed by atoms with van der Waals surface area (Å²) in [5, 5.41) is 0. The van der Waals surface area contributed by atoms with E-state index in [-0.39, 0.29) is 19.3 Å². The van der Waals surface area contributed by atoms with Crippen LogP contribution in [-0.2, 0) is 18.3 Å². The molecule has 1 rings (SSSR count). The number of quaternary nitrogens is 1. The van der Waals surface area contributed by atoms with E-state index in [9.17, 15) is 9.46 Å². The van der Waals surface area contributed by atoms with Crippen LogP contribution < -0.4 is 0 Å². The average Bonchev–Trinajstić information content (AvgIpc) is 3.14. The van der Waals surface area contributed by atoms with Crippen LogP contribution in [0.3, 0.4) is 0 Å². The van der Waals surface area contributed by atoms with Gasteiger partial charge in [-0.05, 0) is 18.8 Å². The molecule has 0 saturated carbocycles. The molecular formula is C24H51NO5P+. The minimum Gasteiger partial charge on any atom is -0.376 e. The second-order valence-electron chi connectivity index (χ2n) is 10.3. The third kappa shape index (κ3) is 17.2. The lowest BCUT2D eigenvalue weighted by Gasteiger charge is -2.24. The molecule has 3 unspecified atom stereocenters. The van der Waals surface area contributed by atoms with E-state index >= 15 is 0 Å². The van der Waals surface area contributed by atoms with Gasteiger partial charge in [0.15, 0.2) is 0 Å². The van der Waals surface area contributed by atoms with E-state index in [1.807, 2.05) is 21.1 Å². The largest absolute Gasteiger partial charge is 0.472 e. The van der Waals surface area contributed by atoms with Crippen LogP contribution in [0.2, 0.25) is 0 Å². The summed E-state index contributed by atoms with van der Waals surface area (Å²) in [7, 11) is 2.04. The highest BCUT2D eigenvalue weighted by molar-refractivity contribution is 7.47. The zero-order valence-corrected chi connectivity index (χ0v) is 21.8. The quantitative estimate of drug-likeness (QED) is 0.130. The van der Waals surface area contributed by atoms with Crippen molar-refractivity contribution in [3.63, 3.8) is 0 Å². The molecule has 0 aromatic heterocycles. The minimum absolute atomic E-state index is 0.0928. The molecule has 3 atom stereocenters. The van der Waals surface area contributed by atoms with Crippen molar-refractivity contribution in [3.05, 3.63) is 0 Å². The fourth-order valence-electron chi connectivity index (χ4n) is 4.02. The predicted octanol–water partition coefficient (Wildman–Crippen LogP) is 6.32. The maximum absolute atomic E-state index is 12.0. The number of unbranched alkanes of at least 4 members (excludes halogenated alkanes) is 11. The fraction of sp³-hybridized carbons (Fsp3) is 1.00. The van der Waals surface area contributed by atoms with Gasteiger partial charge in [0.25, 0.3) is 0 Å². The summed E-state index contributed by atoms with van der Waals surface area (Å²) in [6.45, 7) is 3.99. The van der Waals surface area contributed by atoms with Crippen LogP contribution in [0.1, 0.15) is 96.8 Å². The van der Waals surface area contributed by atoms with Crippen LogP contribution in [-0.4, -0.2) is 63.0 Å². The summed E-state index contributed by atoms with van der Waals surface area (Å²) in [4.78, 5) is 9.81. The van der Waals surface area contributed by atoms with Crippen LogP contribution in [0.25, 0.3) is 0 Å². The molecule has 0 bridgehead atoms. The van der Waals surface area contributed by atoms with Crippen molar-refractivity contribution in [2.24, 2.45) is 5.92 Å². The van der Waals surface area contributed by atoms with Crippen molar-refractivity contribution in [2.75, 3.05) is 47.5 Å². The van der Waals surface area contributed by atoms with Gasteiger partial charge < -0.3 is 14.1 Å². The number of phosphoric ester groups is 1. The van der Waals surface area contributed by atoms with Gasteiger partial charge in [0, 0.05) is 6.61 Å². The van der Waals surface area contributed by atoms with E-state index in [4.69, 9.17) is 13.8 Å². The van der Waals surface area contributed by atoms with Gasteiger partial charge in [0.1, 0.15) is 13.2 Å². The van der Waals surface area contributed by atoms with Crippen LogP contribution in [0.15, 0.2) is 0 Å². The monoisotopic (exact) mass is 464 g/mol. The summed E-state index contributed by atoms with van der Waals surface area (Å²) >= 11 is 0. The molecule has 1 fully saturated rings. The number of likely N-dealkylation sites (N-methyl/N-ethyl adjacent to an activating group) is 1. The predicted molar refractivity (Wildman–Crippen MR) is 128 cm³/mol. The summed E-state index contributed by atoms with van der Waals surface area (Å²) in [6, 6.07) is 0. The molecule has 0 aliphatic carbocycles. The molecule has 0 spiro atoms. The lowest BCUT2D eigenvalue weighted by molar-refractivity contribution is -0.870. The Balaban J connectivity index is 1.96. The molecule has 186 valence electrons. The van der Waals surface area contributed by atoms with Crippen LogP contribution in [0, 0.1) is 5.92 Å². The highest BCUT2D eigenvalue weighted by Gasteiger charge is 2.29. The second kappa shape index (κ2) is 16.6. The maximum Gasteiger partial charge on any atom is 0.472 e. The highest BCUT2D eigenvalue weighted by atomic mass is 31.2. The van der Waals surface area contributed by atoms with E-state index in [1.54, 1.807) is 0 Å². The Hall–Kier alpha value is 0.0300. The first-order valence-electron chi connectivity index (χ1n) is 12.8. The van der Waals surface area contributed by atoms with Crippen LogP contribution in [0.4, 0.5) is 0 Å². The molecule has 7 heteroatoms. The lowest BCUT2D eigenvalue weighted by atomic mass is 9.97. The summed E-state index contributed by atoms with van der Waals surface area (Å²) < 4.78 is 28.6. The van der Waals surface area contributed by atoms with Gasteiger partial charge in [-0.3, -0.25) is 9.05 Å². The smallest absolute Gasteiger partial charge is 0.376 e. The van der Waals surface area contributed by atoms with Crippen molar-refractivity contribution in [1.29, 1.82) is 0 Å². The van der Waals surface area contributed by atoms with Gasteiger partial charge in [-0.2, -0.15) is 0 Å². The van der Waals surface area contributed by atoms with Gasteiger partial charge in [0.2, 0.25) is 0 Å². The fourth-order valence-corrected chi connectivity index (χ4v) is 4.76. The number of phosphoric acid groups is 1. The van der Waals surface area contributed by atoms with E-state index in [2.05, 4.69) is 6.92 Å². The third-order valence-corrected chi connectivity index (χ3v) is 7.05. The third-order valence-electron chi connectivity index (χ3n) is 6.07. The Labute approximate surface area is 192 Å². The number of ether oxygens (including phenoxy) is 1. The van der Waals surface area contributed by atoms with Crippen LogP contribution >= 0.6 is 7.82 Å². The van der Waals surface area contributed by atoms with E-state index in [0.29, 0.717) is 16.9 Å². The normalized spacial score (nSPS) is 21.5. The molecule has 1 N–H and O–H groups in total. The van der Waals surface area contributed by atoms with Gasteiger partial charge in [-0.15, -0.1) is 0 Å². The Morgan fingerprint density at radius 2 is 1.45 bits per heavy atom. The van der Waals surface area contributed by atoms with Crippen molar-refractivity contribution in [1.82, 2.24) is 0 Å². The molecule has 31 heavy (non-hydrogen) atoms. The van der Waals surface area contributed by atoms with Gasteiger partial charge in [0.05, 0.1) is 33.9 Å². The van der Waals surface area contributed by atoms with Crippen molar-refractivity contribution >= 4 is 7.82 Å². The van der Waals surface area contributed by atoms with Gasteiger partial charge >= 0.3 is 7.82 Å². The zero-order chi connectivity index (χ0) is 23.0. The zero-order valence-electron chi connectivity index (χ0n) is 20.9. The summed E-state index contributed by atoms with van der Waals surface area (Å²) in [5.41, 5.74) is 0. The SMILES string of the molecule is CCCCCCCCCCCCCCC1COC(COP(=O)(O)OCC[N+](C)(C)C)C1. The number of rotatable bonds is 20. The first-order valence-corrected chi connectivity index (χ1v) is 14.3. The molecule has 1 saturated heterocycles. The summed E-state index contributed by atoms with van der Waals surface area (Å²) in [5.74, 6) is 0.550. The molecule has 0 aromatic carbocycles. The molecule has 6 nitrogen and oxygen atoms in total. The van der Waals surface area contributed by atoms with Crippen molar-refractivity contribution in [2.45, 2.75) is 103 Å². The molecule has 1 heterocycles. The highest BCUT2D eigenvalue weighted by Crippen LogP contribution is 2.43. The average molecular weight is 465 g/mol. The molecular weight excluding hydrogens is 413 g/mol. The standard InChI is InChI=1S/C24H50NO5P/c1-5-6-7-8-9-10-11-12-13-14-15-16-17-23-20-24(28-21-23)22-30-31(26,27)29-19-18-25(2,3)4/h23-24H,5-22H2,1-4H3/p+1. The molecule has 1 aliphatic heterocycles. The Morgan fingerprint density at radius 3 is 2.00 bits per heavy atom. The first kappa shape index (κ1) is 29.1. The molecule has 0 radical (unpaired) electrons. The molecule has 0 amide bonds. The minimum atomic E-state index is -3.99. The number of hydrogen-bond acceptors (Lipinski definition) is 4. The Kier molecular flexibility index (Phi) is 15.6. The summed E-state index contributed by atoms with van der Waals surface area (Å²) in [6.07, 6.45) is 18.5. The van der Waals surface area contributed by atoms with Gasteiger partial charge in [-0.25, -0.2) is 4.57 Å². The van der Waals surface area contributed by atoms with E-state index in [0.717, 1.165) is 13.0 Å². The number of hydrogen-bond donors (Lipinski definition) is 1. The molecule has 1 aliphatic rings. The lowest BCUT2D eigenvalue weighted by Crippen LogP contribution is -2.37. The van der Waals surface area contributed by atoms with Gasteiger partial charge in [-0.1, -0.05) is 84.0 Å². The van der Waals surface area contributed by atoms with Crippen molar-refractivity contribution < 1.29 is 27.7 Å². The Bertz CT molecular complexity index is 483. The van der Waals surface area contributed by atoms with Crippen LogP contribution in [0.5, 0.6) is 0 Å². The first-order chi connectivity index (χ1) is 14.7. The van der Waals surface area contributed by atoms with E-state index < -0.39 is 7.82 Å². The number of nitrogens with zero attached hydrogens (tertiary/aromatic N) is 1. The molecule has 0 aromatic rings. The van der Waals surface area contributed by atoms with Crippen molar-refractivity contribution in [3.8, 4) is 0 Å². The Morgan fingerprint density at radius 1 is 0.903 bits per heavy atom. The second-order valence-corrected chi connectivity index (χ2v) is 11.8. The topological polar surface area (TPSA) is 65.0 Å². The maximum atomic E-state index is 12.0. The van der Waals surface area contributed by atoms with E-state index in [1.165, 1.54) is 83.5 Å².